The van der Waals surface area contributed by atoms with E-state index in [9.17, 15) is 4.79 Å². The molecule has 2 rings (SSSR count). The molecule has 5 nitrogen and oxygen atoms in total. The van der Waals surface area contributed by atoms with Gasteiger partial charge >= 0.3 is 0 Å². The Kier molecular flexibility index (Phi) is 6.66. The van der Waals surface area contributed by atoms with Crippen molar-refractivity contribution in [3.63, 3.8) is 0 Å². The molecule has 124 valence electrons. The first-order valence-corrected chi connectivity index (χ1v) is 7.92. The van der Waals surface area contributed by atoms with E-state index in [0.29, 0.717) is 24.4 Å². The van der Waals surface area contributed by atoms with E-state index < -0.39 is 0 Å². The fourth-order valence-corrected chi connectivity index (χ4v) is 2.30. The van der Waals surface area contributed by atoms with Crippen molar-refractivity contribution in [1.82, 2.24) is 0 Å². The Morgan fingerprint density at radius 3 is 2.71 bits per heavy atom. The summed E-state index contributed by atoms with van der Waals surface area (Å²) in [7, 11) is 0. The molecule has 0 aromatic heterocycles. The van der Waals surface area contributed by atoms with Crippen molar-refractivity contribution in [2.24, 2.45) is 0 Å². The molecule has 0 radical (unpaired) electrons. The lowest BCUT2D eigenvalue weighted by molar-refractivity contribution is -0.118. The number of hydrogen-bond acceptors (Lipinski definition) is 4. The van der Waals surface area contributed by atoms with Crippen LogP contribution in [0.3, 0.4) is 0 Å². The maximum absolute atomic E-state index is 12.0. The molecule has 1 amide bonds. The van der Waals surface area contributed by atoms with Crippen LogP contribution in [0.5, 0.6) is 5.75 Å². The Balaban J connectivity index is 1.93. The number of nitriles is 1. The molecule has 0 aliphatic heterocycles. The molecule has 2 aromatic rings. The van der Waals surface area contributed by atoms with Gasteiger partial charge in [-0.25, -0.2) is 0 Å². The Labute approximate surface area is 142 Å². The Morgan fingerprint density at radius 2 is 2.00 bits per heavy atom. The van der Waals surface area contributed by atoms with Crippen molar-refractivity contribution >= 4 is 17.3 Å². The molecule has 0 bridgehead atoms. The number of ether oxygens (including phenoxy) is 1. The summed E-state index contributed by atoms with van der Waals surface area (Å²) in [5.74, 6) is 0.450. The average molecular weight is 323 g/mol. The van der Waals surface area contributed by atoms with Crippen LogP contribution in [0.15, 0.2) is 54.6 Å². The van der Waals surface area contributed by atoms with Crippen LogP contribution in [0.25, 0.3) is 0 Å². The molecule has 2 aromatic carbocycles. The highest BCUT2D eigenvalue weighted by atomic mass is 16.5. The Hall–Kier alpha value is -3.00. The van der Waals surface area contributed by atoms with Gasteiger partial charge in [-0.2, -0.15) is 5.26 Å². The Morgan fingerprint density at radius 1 is 1.21 bits per heavy atom. The summed E-state index contributed by atoms with van der Waals surface area (Å²) in [6, 6.07) is 19.0. The summed E-state index contributed by atoms with van der Waals surface area (Å²) in [5, 5.41) is 11.6. The fraction of sp³-hybridized carbons (Fsp3) is 0.263. The first-order chi connectivity index (χ1) is 11.7. The molecule has 0 heterocycles. The average Bonchev–Trinajstić information content (AvgIpc) is 2.62. The lowest BCUT2D eigenvalue weighted by Crippen LogP contribution is -2.24. The van der Waals surface area contributed by atoms with E-state index in [1.807, 2.05) is 61.5 Å². The van der Waals surface area contributed by atoms with Crippen molar-refractivity contribution in [1.29, 1.82) is 5.26 Å². The summed E-state index contributed by atoms with van der Waals surface area (Å²) >= 11 is 0. The quantitative estimate of drug-likeness (QED) is 0.808. The number of nitrogens with zero attached hydrogens (tertiary/aromatic N) is 2. The van der Waals surface area contributed by atoms with Crippen molar-refractivity contribution in [2.45, 2.75) is 13.3 Å². The number of carbonyl (C=O) groups is 1. The highest BCUT2D eigenvalue weighted by Gasteiger charge is 2.07. The minimum Gasteiger partial charge on any atom is -0.484 e. The summed E-state index contributed by atoms with van der Waals surface area (Å²) in [5.41, 5.74) is 1.69. The largest absolute Gasteiger partial charge is 0.484 e. The SMILES string of the molecule is CCN(CCC#N)c1cccc(NC(=O)COc2ccccc2)c1. The lowest BCUT2D eigenvalue weighted by Gasteiger charge is -2.22. The molecule has 0 aliphatic rings. The highest BCUT2D eigenvalue weighted by molar-refractivity contribution is 5.92. The van der Waals surface area contributed by atoms with Crippen molar-refractivity contribution in [3.8, 4) is 11.8 Å². The first-order valence-electron chi connectivity index (χ1n) is 7.92. The van der Waals surface area contributed by atoms with E-state index in [1.54, 1.807) is 0 Å². The minimum atomic E-state index is -0.212. The van der Waals surface area contributed by atoms with Gasteiger partial charge in [0.25, 0.3) is 5.91 Å². The van der Waals surface area contributed by atoms with Gasteiger partial charge in [-0.1, -0.05) is 24.3 Å². The standard InChI is InChI=1S/C19H21N3O2/c1-2-22(13-7-12-20)17-9-6-8-16(14-17)21-19(23)15-24-18-10-4-3-5-11-18/h3-6,8-11,14H,2,7,13,15H2,1H3,(H,21,23). The predicted octanol–water partition coefficient (Wildman–Crippen LogP) is 3.44. The molecule has 0 spiro atoms. The van der Waals surface area contributed by atoms with E-state index in [0.717, 1.165) is 12.2 Å². The molecule has 24 heavy (non-hydrogen) atoms. The van der Waals surface area contributed by atoms with Gasteiger partial charge in [-0.15, -0.1) is 0 Å². The number of hydrogen-bond donors (Lipinski definition) is 1. The maximum Gasteiger partial charge on any atom is 0.262 e. The van der Waals surface area contributed by atoms with Gasteiger partial charge in [0.15, 0.2) is 6.61 Å². The monoisotopic (exact) mass is 323 g/mol. The van der Waals surface area contributed by atoms with E-state index in [4.69, 9.17) is 10.00 Å². The lowest BCUT2D eigenvalue weighted by atomic mass is 10.2. The predicted molar refractivity (Wildman–Crippen MR) is 95.1 cm³/mol. The molecular formula is C19H21N3O2. The molecule has 5 heteroatoms. The van der Waals surface area contributed by atoms with Gasteiger partial charge < -0.3 is 15.0 Å². The van der Waals surface area contributed by atoms with Gasteiger partial charge in [0.2, 0.25) is 0 Å². The number of carbonyl (C=O) groups excluding carboxylic acids is 1. The van der Waals surface area contributed by atoms with Gasteiger partial charge in [0, 0.05) is 24.5 Å². The first kappa shape index (κ1) is 17.4. The van der Waals surface area contributed by atoms with Crippen LogP contribution in [0.2, 0.25) is 0 Å². The zero-order chi connectivity index (χ0) is 17.2. The van der Waals surface area contributed by atoms with Crippen molar-refractivity contribution < 1.29 is 9.53 Å². The van der Waals surface area contributed by atoms with Crippen LogP contribution >= 0.6 is 0 Å². The second kappa shape index (κ2) is 9.21. The third kappa shape index (κ3) is 5.33. The number of rotatable bonds is 8. The molecule has 0 saturated heterocycles. The molecule has 1 N–H and O–H groups in total. The zero-order valence-electron chi connectivity index (χ0n) is 13.7. The van der Waals surface area contributed by atoms with E-state index in [1.165, 1.54) is 0 Å². The third-order valence-electron chi connectivity index (χ3n) is 3.48. The Bertz CT molecular complexity index is 695. The van der Waals surface area contributed by atoms with Crippen LogP contribution in [0.4, 0.5) is 11.4 Å². The minimum absolute atomic E-state index is 0.0415. The number of para-hydroxylation sites is 1. The normalized spacial score (nSPS) is 9.83. The van der Waals surface area contributed by atoms with Crippen LogP contribution in [0.1, 0.15) is 13.3 Å². The summed E-state index contributed by atoms with van der Waals surface area (Å²) < 4.78 is 5.43. The molecular weight excluding hydrogens is 302 g/mol. The summed E-state index contributed by atoms with van der Waals surface area (Å²) in [6.45, 7) is 3.47. The van der Waals surface area contributed by atoms with Crippen LogP contribution < -0.4 is 15.0 Å². The van der Waals surface area contributed by atoms with Crippen LogP contribution in [-0.4, -0.2) is 25.6 Å². The number of anilines is 2. The topological polar surface area (TPSA) is 65.4 Å². The van der Waals surface area contributed by atoms with Crippen LogP contribution in [0, 0.1) is 11.3 Å². The zero-order valence-corrected chi connectivity index (χ0v) is 13.7. The summed E-state index contributed by atoms with van der Waals surface area (Å²) in [4.78, 5) is 14.1. The number of amides is 1. The van der Waals surface area contributed by atoms with E-state index >= 15 is 0 Å². The second-order valence-corrected chi connectivity index (χ2v) is 5.19. The van der Waals surface area contributed by atoms with Gasteiger partial charge in [-0.05, 0) is 37.3 Å². The smallest absolute Gasteiger partial charge is 0.262 e. The van der Waals surface area contributed by atoms with Crippen LogP contribution in [-0.2, 0) is 4.79 Å². The van der Waals surface area contributed by atoms with Gasteiger partial charge in [0.05, 0.1) is 12.5 Å². The number of benzene rings is 2. The van der Waals surface area contributed by atoms with Crippen molar-refractivity contribution in [2.75, 3.05) is 29.9 Å². The second-order valence-electron chi connectivity index (χ2n) is 5.19. The molecule has 0 saturated carbocycles. The van der Waals surface area contributed by atoms with Gasteiger partial charge in [0.1, 0.15) is 5.75 Å². The third-order valence-corrected chi connectivity index (χ3v) is 3.48. The fourth-order valence-electron chi connectivity index (χ4n) is 2.30. The van der Waals surface area contributed by atoms with E-state index in [2.05, 4.69) is 16.3 Å². The van der Waals surface area contributed by atoms with Gasteiger partial charge in [-0.3, -0.25) is 4.79 Å². The number of nitrogens with one attached hydrogen (secondary N) is 1. The molecule has 0 fully saturated rings. The molecule has 0 atom stereocenters. The maximum atomic E-state index is 12.0. The van der Waals surface area contributed by atoms with E-state index in [-0.39, 0.29) is 12.5 Å². The molecule has 0 unspecified atom stereocenters. The molecule has 0 aliphatic carbocycles. The highest BCUT2D eigenvalue weighted by Crippen LogP contribution is 2.19. The van der Waals surface area contributed by atoms with Crippen molar-refractivity contribution in [3.05, 3.63) is 54.6 Å². The summed E-state index contributed by atoms with van der Waals surface area (Å²) in [6.07, 6.45) is 0.468.